The molecular formula is C73H107N17O24S. The lowest BCUT2D eigenvalue weighted by atomic mass is 10.0. The molecule has 13 atom stereocenters. The number of phenols is 3. The van der Waals surface area contributed by atoms with E-state index < -0.39 is 219 Å². The molecule has 42 heteroatoms. The maximum Gasteiger partial charge on any atom is 0.326 e. The smallest absolute Gasteiger partial charge is 0.326 e. The first kappa shape index (κ1) is 95.9. The number of hydrogen-bond donors (Lipinski definition) is 24. The highest BCUT2D eigenvalue weighted by Gasteiger charge is 2.42. The Morgan fingerprint density at radius 1 is 0.470 bits per heavy atom. The van der Waals surface area contributed by atoms with Gasteiger partial charge < -0.3 is 132 Å². The second-order valence-corrected chi connectivity index (χ2v) is 28.6. The van der Waals surface area contributed by atoms with Gasteiger partial charge in [-0.15, -0.1) is 0 Å². The minimum absolute atomic E-state index is 0.00157. The number of nitrogens with zero attached hydrogens (tertiary/aromatic N) is 2. The molecule has 1 saturated heterocycles. The van der Waals surface area contributed by atoms with Crippen LogP contribution in [0, 0.1) is 5.92 Å². The minimum Gasteiger partial charge on any atom is -0.508 e. The molecule has 3 aromatic rings. The van der Waals surface area contributed by atoms with Crippen molar-refractivity contribution in [1.82, 2.24) is 63.4 Å². The van der Waals surface area contributed by atoms with Crippen LogP contribution in [0.4, 0.5) is 0 Å². The van der Waals surface area contributed by atoms with Gasteiger partial charge in [0.15, 0.2) is 5.96 Å². The lowest BCUT2D eigenvalue weighted by Gasteiger charge is -2.30. The van der Waals surface area contributed by atoms with E-state index in [1.165, 1.54) is 84.6 Å². The highest BCUT2D eigenvalue weighted by molar-refractivity contribution is 7.98. The zero-order valence-electron chi connectivity index (χ0n) is 63.8. The van der Waals surface area contributed by atoms with Crippen LogP contribution in [-0.2, 0) is 91.2 Å². The van der Waals surface area contributed by atoms with E-state index in [0.29, 0.717) is 16.9 Å². The van der Waals surface area contributed by atoms with Crippen molar-refractivity contribution in [2.24, 2.45) is 33.8 Å². The quantitative estimate of drug-likeness (QED) is 0.0142. The molecule has 1 heterocycles. The van der Waals surface area contributed by atoms with Gasteiger partial charge in [-0.3, -0.25) is 72.1 Å². The lowest BCUT2D eigenvalue weighted by molar-refractivity contribution is -0.148. The van der Waals surface area contributed by atoms with Gasteiger partial charge in [0.25, 0.3) is 0 Å². The van der Waals surface area contributed by atoms with Gasteiger partial charge in [0.05, 0.1) is 32.3 Å². The molecule has 1 aliphatic heterocycles. The van der Waals surface area contributed by atoms with Gasteiger partial charge in [-0.05, 0) is 142 Å². The van der Waals surface area contributed by atoms with Crippen molar-refractivity contribution in [3.05, 3.63) is 89.5 Å². The molecule has 0 aliphatic carbocycles. The van der Waals surface area contributed by atoms with Crippen molar-refractivity contribution in [3.8, 4) is 17.2 Å². The number of aliphatic hydroxyl groups excluding tert-OH is 3. The maximum atomic E-state index is 14.7. The minimum atomic E-state index is -2.05. The van der Waals surface area contributed by atoms with Crippen molar-refractivity contribution in [2.45, 2.75) is 189 Å². The van der Waals surface area contributed by atoms with Crippen molar-refractivity contribution >= 4 is 107 Å². The molecule has 0 bridgehead atoms. The summed E-state index contributed by atoms with van der Waals surface area (Å²) in [7, 11) is 0. The molecular weight excluding hydrogens is 1530 g/mol. The maximum absolute atomic E-state index is 14.7. The van der Waals surface area contributed by atoms with Crippen LogP contribution < -0.4 is 81.4 Å². The molecule has 0 saturated carbocycles. The number of carbonyl (C=O) groups excluding carboxylic acids is 12. The van der Waals surface area contributed by atoms with E-state index in [9.17, 15) is 118 Å². The second-order valence-electron chi connectivity index (χ2n) is 27.6. The Labute approximate surface area is 665 Å². The predicted molar refractivity (Wildman–Crippen MR) is 413 cm³/mol. The SMILES string of the molecule is CSCC[C@H](N)C(=O)N[C@@H](CCCN=C(N)N)C(=O)N[C@@H](Cc1ccc(O)cc1)C(=O)N[C@@H](Cc1ccc(O)cc1)C(=O)N[C@@H](CCC(=O)O)C(=O)N[C@@H](CO)C(=O)N[C@@H](CO)C(=O)N[C@@H](CC(C)C)C(=O)N[C@@H](CCCCN)C(=O)N[C@@H](CO)C(=O)N[C@@H](Cc1ccc(O)cc1)C(=O)N1CCC[C@H]1C(=O)N[C@@H](CC(=O)O)C(=O)O. The van der Waals surface area contributed by atoms with Crippen molar-refractivity contribution in [1.29, 1.82) is 0 Å². The Bertz CT molecular complexity index is 3820. The number of likely N-dealkylation sites (tertiary alicyclic amines) is 1. The molecule has 1 fully saturated rings. The van der Waals surface area contributed by atoms with Crippen LogP contribution in [0.5, 0.6) is 17.2 Å². The van der Waals surface area contributed by atoms with Crippen molar-refractivity contribution < 1.29 is 118 Å². The fourth-order valence-corrected chi connectivity index (χ4v) is 12.3. The molecule has 115 heavy (non-hydrogen) atoms. The number of carboxylic acids is 3. The Balaban J connectivity index is 1.58. The van der Waals surface area contributed by atoms with E-state index >= 15 is 0 Å². The number of aliphatic carboxylic acids is 3. The number of thioether (sulfide) groups is 1. The zero-order chi connectivity index (χ0) is 85.6. The summed E-state index contributed by atoms with van der Waals surface area (Å²) in [6, 6.07) is -5.31. The average Bonchev–Trinajstić information content (AvgIpc) is 1.73. The molecule has 4 rings (SSSR count). The van der Waals surface area contributed by atoms with Crippen LogP contribution in [-0.4, -0.2) is 276 Å². The van der Waals surface area contributed by atoms with Crippen LogP contribution in [0.3, 0.4) is 0 Å². The summed E-state index contributed by atoms with van der Waals surface area (Å²) in [4.78, 5) is 210. The standard InChI is InChI=1S/C73H107N17O24S/c1-38(2)30-49(64(105)80-46(8-4-5-26-74)62(103)87-55(36-92)68(109)85-52(33-41-15-21-44(96)22-16-41)71(112)90-28-7-10-57(90)70(111)86-53(72(113)114)34-59(99)100)82-67(108)54(35-91)89-69(110)56(37-93)88-63(104)48(23-24-58(97)98)81-65(106)50(31-39-11-17-42(94)18-12-39)84-66(107)51(32-40-13-19-43(95)20-14-40)83-61(102)47(9-6-27-78-73(76)77)79-60(101)45(75)25-29-115-3/h11-22,38,45-57,91-96H,4-10,23-37,74-75H2,1-3H3,(H,79,101)(H,80,105)(H,81,106)(H,82,108)(H,83,102)(H,84,107)(H,85,109)(H,86,111)(H,87,103)(H,88,104)(H,89,110)(H,97,98)(H,99,100)(H,113,114)(H4,76,77,78)/t45-,46-,47-,48-,49-,50-,51-,52-,53-,54-,55-,56-,57-/m0/s1. The highest BCUT2D eigenvalue weighted by Crippen LogP contribution is 2.23. The number of aromatic hydroxyl groups is 3. The Morgan fingerprint density at radius 2 is 0.843 bits per heavy atom. The first-order valence-corrected chi connectivity index (χ1v) is 38.4. The number of carboxylic acid groups (broad SMARTS) is 3. The first-order valence-electron chi connectivity index (χ1n) is 37.0. The molecule has 0 radical (unpaired) electrons. The Kier molecular flexibility index (Phi) is 41.0. The van der Waals surface area contributed by atoms with Gasteiger partial charge in [-0.2, -0.15) is 11.8 Å². The molecule has 0 aromatic heterocycles. The Hall–Kier alpha value is -11.5. The number of amides is 12. The van der Waals surface area contributed by atoms with E-state index in [1.807, 2.05) is 0 Å². The van der Waals surface area contributed by atoms with E-state index in [4.69, 9.17) is 22.9 Å². The van der Waals surface area contributed by atoms with Crippen LogP contribution in [0.2, 0.25) is 0 Å². The lowest BCUT2D eigenvalue weighted by Crippen LogP contribution is -2.62. The first-order chi connectivity index (χ1) is 54.5. The third kappa shape index (κ3) is 33.6. The number of guanidine groups is 1. The molecule has 0 spiro atoms. The summed E-state index contributed by atoms with van der Waals surface area (Å²) in [5.74, 6) is -18.3. The van der Waals surface area contributed by atoms with Crippen molar-refractivity contribution in [2.75, 3.05) is 51.5 Å². The number of nitrogens with two attached hydrogens (primary N) is 4. The number of nitrogens with one attached hydrogen (secondary N) is 11. The number of benzene rings is 3. The molecule has 41 nitrogen and oxygen atoms in total. The number of carbonyl (C=O) groups is 15. The molecule has 634 valence electrons. The van der Waals surface area contributed by atoms with Gasteiger partial charge in [-0.25, -0.2) is 4.79 Å². The van der Waals surface area contributed by atoms with Crippen molar-refractivity contribution in [3.63, 3.8) is 0 Å². The van der Waals surface area contributed by atoms with Crippen LogP contribution in [0.25, 0.3) is 0 Å². The number of hydrogen-bond acceptors (Lipinski definition) is 25. The fraction of sp³-hybridized carbons (Fsp3) is 0.534. The highest BCUT2D eigenvalue weighted by atomic mass is 32.2. The van der Waals surface area contributed by atoms with E-state index in [-0.39, 0.29) is 119 Å². The topological polar surface area (TPSA) is 690 Å². The van der Waals surface area contributed by atoms with Gasteiger partial charge in [0.2, 0.25) is 70.9 Å². The number of aliphatic hydroxyl groups is 3. The molecule has 1 aliphatic rings. The summed E-state index contributed by atoms with van der Waals surface area (Å²) < 4.78 is 0. The van der Waals surface area contributed by atoms with Gasteiger partial charge in [-0.1, -0.05) is 50.2 Å². The van der Waals surface area contributed by atoms with Gasteiger partial charge in [0, 0.05) is 38.8 Å². The van der Waals surface area contributed by atoms with E-state index in [2.05, 4.69) is 63.5 Å². The molecule has 12 amide bonds. The molecule has 3 aromatic carbocycles. The monoisotopic (exact) mass is 1640 g/mol. The average molecular weight is 1640 g/mol. The summed E-state index contributed by atoms with van der Waals surface area (Å²) in [5.41, 5.74) is 23.9. The van der Waals surface area contributed by atoms with Crippen LogP contribution in [0.15, 0.2) is 77.8 Å². The summed E-state index contributed by atoms with van der Waals surface area (Å²) in [6.45, 7) is -0.239. The molecule has 0 unspecified atom stereocenters. The summed E-state index contributed by atoms with van der Waals surface area (Å²) in [6.07, 6.45) is -1.17. The van der Waals surface area contributed by atoms with E-state index in [0.717, 1.165) is 4.90 Å². The third-order valence-corrected chi connectivity index (χ3v) is 18.7. The Morgan fingerprint density at radius 3 is 1.24 bits per heavy atom. The van der Waals surface area contributed by atoms with Gasteiger partial charge >= 0.3 is 17.9 Å². The van der Waals surface area contributed by atoms with Gasteiger partial charge in [0.1, 0.15) is 89.8 Å². The fourth-order valence-electron chi connectivity index (χ4n) is 11.8. The number of phenolic OH excluding ortho intramolecular Hbond substituents is 3. The largest absolute Gasteiger partial charge is 0.508 e. The summed E-state index contributed by atoms with van der Waals surface area (Å²) in [5, 5.41) is 117. The normalized spacial score (nSPS) is 15.6. The predicted octanol–water partition coefficient (Wildman–Crippen LogP) is -6.13. The van der Waals surface area contributed by atoms with Crippen LogP contribution >= 0.6 is 11.8 Å². The number of aliphatic imine (C=N–C) groups is 1. The van der Waals surface area contributed by atoms with Crippen LogP contribution in [0.1, 0.15) is 108 Å². The second kappa shape index (κ2) is 49.2. The molecule has 28 N–H and O–H groups in total. The summed E-state index contributed by atoms with van der Waals surface area (Å²) >= 11 is 1.43. The number of rotatable bonds is 51. The van der Waals surface area contributed by atoms with E-state index in [1.54, 1.807) is 20.1 Å². The zero-order valence-corrected chi connectivity index (χ0v) is 64.6. The number of unbranched alkanes of at least 4 members (excludes halogenated alkanes) is 1. The third-order valence-electron chi connectivity index (χ3n) is 18.0.